The first kappa shape index (κ1) is 23.0. The smallest absolute Gasteiger partial charge is 0.411 e. The molecule has 1 heterocycles. The monoisotopic (exact) mass is 462 g/mol. The molecule has 4 rings (SSSR count). The topological polar surface area (TPSA) is 123 Å². The minimum absolute atomic E-state index is 0.0849. The van der Waals surface area contributed by atoms with Crippen LogP contribution in [0.1, 0.15) is 47.3 Å². The molecule has 1 aromatic heterocycles. The van der Waals surface area contributed by atoms with Crippen LogP contribution in [0.2, 0.25) is 0 Å². The number of anilines is 1. The largest absolute Gasteiger partial charge is 0.480 e. The van der Waals surface area contributed by atoms with Crippen molar-refractivity contribution in [3.8, 4) is 11.1 Å². The highest BCUT2D eigenvalue weighted by molar-refractivity contribution is 6.02. The molecule has 2 amide bonds. The third kappa shape index (κ3) is 4.63. The van der Waals surface area contributed by atoms with E-state index in [1.54, 1.807) is 7.05 Å². The van der Waals surface area contributed by atoms with E-state index in [1.165, 1.54) is 10.9 Å². The molecule has 1 unspecified atom stereocenters. The number of hydrogen-bond donors (Lipinski definition) is 3. The van der Waals surface area contributed by atoms with Crippen molar-refractivity contribution >= 4 is 23.7 Å². The van der Waals surface area contributed by atoms with Gasteiger partial charge in [0.25, 0.3) is 5.91 Å². The van der Waals surface area contributed by atoms with Crippen LogP contribution in [-0.2, 0) is 16.6 Å². The lowest BCUT2D eigenvalue weighted by Crippen LogP contribution is -2.41. The van der Waals surface area contributed by atoms with Crippen LogP contribution in [0.25, 0.3) is 11.1 Å². The summed E-state index contributed by atoms with van der Waals surface area (Å²) in [7, 11) is 1.60. The number of carboxylic acid groups (broad SMARTS) is 1. The molecule has 0 saturated carbocycles. The Morgan fingerprint density at radius 2 is 1.71 bits per heavy atom. The molecule has 3 N–H and O–H groups in total. The Morgan fingerprint density at radius 1 is 1.09 bits per heavy atom. The number of carbonyl (C=O) groups is 3. The maximum atomic E-state index is 12.6. The van der Waals surface area contributed by atoms with Gasteiger partial charge in [0.2, 0.25) is 0 Å². The zero-order valence-corrected chi connectivity index (χ0v) is 18.9. The normalized spacial score (nSPS) is 13.0. The van der Waals surface area contributed by atoms with Gasteiger partial charge in [-0.25, -0.2) is 9.59 Å². The van der Waals surface area contributed by atoms with Crippen LogP contribution in [-0.4, -0.2) is 45.5 Å². The Labute approximate surface area is 196 Å². The van der Waals surface area contributed by atoms with Crippen LogP contribution in [0.4, 0.5) is 10.5 Å². The number of aromatic nitrogens is 2. The Hall–Kier alpha value is -4.14. The summed E-state index contributed by atoms with van der Waals surface area (Å²) in [6.07, 6.45) is 1.60. The first-order valence-electron chi connectivity index (χ1n) is 11.1. The molecule has 0 saturated heterocycles. The Bertz CT molecular complexity index is 1190. The second-order valence-electron chi connectivity index (χ2n) is 8.17. The third-order valence-corrected chi connectivity index (χ3v) is 5.81. The van der Waals surface area contributed by atoms with Gasteiger partial charge < -0.3 is 15.2 Å². The average Bonchev–Trinajstić information content (AvgIpc) is 3.34. The fraction of sp³-hybridized carbons (Fsp3) is 0.280. The minimum atomic E-state index is -1.13. The zero-order valence-electron chi connectivity index (χ0n) is 18.9. The van der Waals surface area contributed by atoms with Gasteiger partial charge in [-0.3, -0.25) is 14.8 Å². The Balaban J connectivity index is 1.45. The van der Waals surface area contributed by atoms with Crippen molar-refractivity contribution in [1.29, 1.82) is 0 Å². The predicted molar refractivity (Wildman–Crippen MR) is 126 cm³/mol. The lowest BCUT2D eigenvalue weighted by molar-refractivity contribution is -0.139. The average molecular weight is 463 g/mol. The van der Waals surface area contributed by atoms with E-state index in [1.807, 2.05) is 43.3 Å². The molecular weight excluding hydrogens is 436 g/mol. The summed E-state index contributed by atoms with van der Waals surface area (Å²) in [5.41, 5.74) is 4.48. The summed E-state index contributed by atoms with van der Waals surface area (Å²) in [5, 5.41) is 18.4. The predicted octanol–water partition coefficient (Wildman–Crippen LogP) is 3.76. The van der Waals surface area contributed by atoms with E-state index in [2.05, 4.69) is 27.9 Å². The molecule has 0 spiro atoms. The third-order valence-electron chi connectivity index (χ3n) is 5.81. The van der Waals surface area contributed by atoms with Crippen molar-refractivity contribution in [2.45, 2.75) is 31.7 Å². The van der Waals surface area contributed by atoms with Gasteiger partial charge in [0, 0.05) is 19.2 Å². The first-order valence-corrected chi connectivity index (χ1v) is 11.1. The highest BCUT2D eigenvalue weighted by atomic mass is 16.5. The number of hydrogen-bond acceptors (Lipinski definition) is 5. The van der Waals surface area contributed by atoms with Crippen molar-refractivity contribution in [2.24, 2.45) is 7.05 Å². The summed E-state index contributed by atoms with van der Waals surface area (Å²) in [6, 6.07) is 15.0. The number of rotatable bonds is 8. The number of amides is 2. The SMILES string of the molecule is CCCC(NC(=O)c1nn(C)cc1NC(=O)OCC1c2ccccc2-c2ccccc21)C(=O)O. The van der Waals surface area contributed by atoms with Crippen molar-refractivity contribution in [2.75, 3.05) is 11.9 Å². The fourth-order valence-corrected chi connectivity index (χ4v) is 4.26. The summed E-state index contributed by atoms with van der Waals surface area (Å²) >= 11 is 0. The van der Waals surface area contributed by atoms with Crippen LogP contribution in [0.15, 0.2) is 54.7 Å². The van der Waals surface area contributed by atoms with Crippen LogP contribution in [0.5, 0.6) is 0 Å². The highest BCUT2D eigenvalue weighted by Crippen LogP contribution is 2.44. The van der Waals surface area contributed by atoms with E-state index in [4.69, 9.17) is 4.74 Å². The summed E-state index contributed by atoms with van der Waals surface area (Å²) < 4.78 is 6.90. The molecule has 0 aliphatic heterocycles. The molecule has 9 heteroatoms. The maximum absolute atomic E-state index is 12.6. The molecule has 3 aromatic rings. The van der Waals surface area contributed by atoms with E-state index in [-0.39, 0.29) is 30.3 Å². The second-order valence-corrected chi connectivity index (χ2v) is 8.17. The first-order chi connectivity index (χ1) is 16.4. The van der Waals surface area contributed by atoms with Crippen molar-refractivity contribution < 1.29 is 24.2 Å². The van der Waals surface area contributed by atoms with Crippen LogP contribution >= 0.6 is 0 Å². The molecular formula is C25H26N4O5. The van der Waals surface area contributed by atoms with Gasteiger partial charge in [0.15, 0.2) is 5.69 Å². The molecule has 0 fully saturated rings. The number of carboxylic acids is 1. The number of ether oxygens (including phenoxy) is 1. The molecule has 0 radical (unpaired) electrons. The minimum Gasteiger partial charge on any atom is -0.480 e. The number of nitrogens with one attached hydrogen (secondary N) is 2. The molecule has 176 valence electrons. The maximum Gasteiger partial charge on any atom is 0.411 e. The van der Waals surface area contributed by atoms with Gasteiger partial charge in [0.1, 0.15) is 12.6 Å². The van der Waals surface area contributed by atoms with E-state index in [0.29, 0.717) is 6.42 Å². The lowest BCUT2D eigenvalue weighted by Gasteiger charge is -2.15. The number of benzene rings is 2. The van der Waals surface area contributed by atoms with Crippen molar-refractivity contribution in [3.63, 3.8) is 0 Å². The molecule has 0 bridgehead atoms. The standard InChI is InChI=1S/C25H26N4O5/c1-3-8-20(24(31)32)26-23(30)22-21(13-29(2)28-22)27-25(33)34-14-19-17-11-6-4-9-15(17)16-10-5-7-12-18(16)19/h4-7,9-13,19-20H,3,8,14H2,1-2H3,(H,26,30)(H,27,33)(H,31,32). The molecule has 1 aliphatic carbocycles. The van der Waals surface area contributed by atoms with E-state index in [0.717, 1.165) is 22.3 Å². The summed E-state index contributed by atoms with van der Waals surface area (Å²) in [6.45, 7) is 1.95. The van der Waals surface area contributed by atoms with E-state index < -0.39 is 24.0 Å². The van der Waals surface area contributed by atoms with Crippen LogP contribution in [0.3, 0.4) is 0 Å². The van der Waals surface area contributed by atoms with E-state index >= 15 is 0 Å². The Morgan fingerprint density at radius 3 is 2.29 bits per heavy atom. The zero-order chi connectivity index (χ0) is 24.2. The highest BCUT2D eigenvalue weighted by Gasteiger charge is 2.29. The number of carbonyl (C=O) groups excluding carboxylic acids is 2. The second kappa shape index (κ2) is 9.78. The molecule has 2 aromatic carbocycles. The number of aryl methyl sites for hydroxylation is 1. The Kier molecular flexibility index (Phi) is 6.62. The molecule has 1 atom stereocenters. The van der Waals surface area contributed by atoms with Crippen LogP contribution < -0.4 is 10.6 Å². The van der Waals surface area contributed by atoms with Gasteiger partial charge in [-0.2, -0.15) is 5.10 Å². The van der Waals surface area contributed by atoms with Gasteiger partial charge in [-0.05, 0) is 28.7 Å². The summed E-state index contributed by atoms with van der Waals surface area (Å²) in [5.74, 6) is -1.91. The van der Waals surface area contributed by atoms with Gasteiger partial charge in [0.05, 0.1) is 5.69 Å². The molecule has 34 heavy (non-hydrogen) atoms. The van der Waals surface area contributed by atoms with Crippen LogP contribution in [0, 0.1) is 0 Å². The number of nitrogens with zero attached hydrogens (tertiary/aromatic N) is 2. The van der Waals surface area contributed by atoms with E-state index in [9.17, 15) is 19.5 Å². The molecule has 1 aliphatic rings. The van der Waals surface area contributed by atoms with Gasteiger partial charge in [-0.1, -0.05) is 61.9 Å². The van der Waals surface area contributed by atoms with Crippen molar-refractivity contribution in [1.82, 2.24) is 15.1 Å². The fourth-order valence-electron chi connectivity index (χ4n) is 4.26. The van der Waals surface area contributed by atoms with Gasteiger partial charge >= 0.3 is 12.1 Å². The quantitative estimate of drug-likeness (QED) is 0.468. The number of aliphatic carboxylic acids is 1. The summed E-state index contributed by atoms with van der Waals surface area (Å²) in [4.78, 5) is 36.6. The lowest BCUT2D eigenvalue weighted by atomic mass is 9.98. The van der Waals surface area contributed by atoms with Crippen molar-refractivity contribution in [3.05, 3.63) is 71.5 Å². The molecule has 9 nitrogen and oxygen atoms in total. The van der Waals surface area contributed by atoms with Gasteiger partial charge in [-0.15, -0.1) is 0 Å². The number of fused-ring (bicyclic) bond motifs is 3.